The molecule has 0 radical (unpaired) electrons. The van der Waals surface area contributed by atoms with Crippen molar-refractivity contribution in [3.63, 3.8) is 0 Å². The third-order valence-corrected chi connectivity index (χ3v) is 4.69. The summed E-state index contributed by atoms with van der Waals surface area (Å²) in [5.74, 6) is 1.33. The highest BCUT2D eigenvalue weighted by Gasteiger charge is 2.20. The van der Waals surface area contributed by atoms with Gasteiger partial charge in [0.05, 0.1) is 0 Å². The maximum atomic E-state index is 11.9. The molecule has 7 heteroatoms. The van der Waals surface area contributed by atoms with E-state index in [0.717, 1.165) is 5.56 Å². The zero-order chi connectivity index (χ0) is 14.0. The number of rotatable bonds is 5. The van der Waals surface area contributed by atoms with Crippen molar-refractivity contribution in [3.8, 4) is 11.5 Å². The molecule has 0 spiro atoms. The van der Waals surface area contributed by atoms with Gasteiger partial charge >= 0.3 is 0 Å². The summed E-state index contributed by atoms with van der Waals surface area (Å²) in [6, 6.07) is 5.28. The van der Waals surface area contributed by atoms with Gasteiger partial charge in [0.2, 0.25) is 6.79 Å². The molecule has 1 aliphatic heterocycles. The molecule has 0 saturated carbocycles. The summed E-state index contributed by atoms with van der Waals surface area (Å²) in [7, 11) is -1.91. The number of fused-ring (bicyclic) bond motifs is 1. The highest BCUT2D eigenvalue weighted by atomic mass is 32.2. The van der Waals surface area contributed by atoms with E-state index in [1.807, 2.05) is 19.9 Å². The van der Waals surface area contributed by atoms with Crippen LogP contribution < -0.4 is 14.2 Å². The first-order valence-electron chi connectivity index (χ1n) is 6.01. The summed E-state index contributed by atoms with van der Waals surface area (Å²) in [5.41, 5.74) is 0.824. The van der Waals surface area contributed by atoms with Crippen LogP contribution in [-0.2, 0) is 16.8 Å². The molecule has 19 heavy (non-hydrogen) atoms. The second-order valence-electron chi connectivity index (χ2n) is 4.62. The van der Waals surface area contributed by atoms with E-state index in [1.54, 1.807) is 19.2 Å². The topological polar surface area (TPSA) is 67.9 Å². The van der Waals surface area contributed by atoms with Crippen molar-refractivity contribution in [1.82, 2.24) is 9.03 Å². The van der Waals surface area contributed by atoms with Crippen LogP contribution in [0.25, 0.3) is 0 Å². The van der Waals surface area contributed by atoms with Crippen molar-refractivity contribution in [2.24, 2.45) is 0 Å². The van der Waals surface area contributed by atoms with E-state index in [-0.39, 0.29) is 19.4 Å². The summed E-state index contributed by atoms with van der Waals surface area (Å²) in [4.78, 5) is 0. The highest BCUT2D eigenvalue weighted by molar-refractivity contribution is 7.87. The Morgan fingerprint density at radius 1 is 1.32 bits per heavy atom. The zero-order valence-corrected chi connectivity index (χ0v) is 12.0. The molecule has 106 valence electrons. The van der Waals surface area contributed by atoms with Crippen molar-refractivity contribution in [3.05, 3.63) is 23.8 Å². The Morgan fingerprint density at radius 3 is 2.68 bits per heavy atom. The molecule has 1 aromatic rings. The van der Waals surface area contributed by atoms with Gasteiger partial charge in [0.25, 0.3) is 10.2 Å². The first kappa shape index (κ1) is 14.1. The van der Waals surface area contributed by atoms with Gasteiger partial charge in [0.15, 0.2) is 11.5 Å². The molecule has 0 aromatic heterocycles. The predicted octanol–water partition coefficient (Wildman–Crippen LogP) is 1.09. The van der Waals surface area contributed by atoms with Gasteiger partial charge in [-0.15, -0.1) is 0 Å². The van der Waals surface area contributed by atoms with Crippen LogP contribution >= 0.6 is 0 Å². The monoisotopic (exact) mass is 286 g/mol. The van der Waals surface area contributed by atoms with Crippen molar-refractivity contribution in [1.29, 1.82) is 0 Å². The van der Waals surface area contributed by atoms with Crippen LogP contribution in [0.2, 0.25) is 0 Å². The van der Waals surface area contributed by atoms with Crippen LogP contribution in [-0.4, -0.2) is 32.6 Å². The van der Waals surface area contributed by atoms with E-state index in [1.165, 1.54) is 4.31 Å². The van der Waals surface area contributed by atoms with Gasteiger partial charge in [-0.05, 0) is 31.5 Å². The Hall–Kier alpha value is -1.31. The molecular weight excluding hydrogens is 268 g/mol. The molecule has 0 fully saturated rings. The summed E-state index contributed by atoms with van der Waals surface area (Å²) >= 11 is 0. The highest BCUT2D eigenvalue weighted by Crippen LogP contribution is 2.32. The van der Waals surface area contributed by atoms with E-state index < -0.39 is 10.2 Å². The van der Waals surface area contributed by atoms with Crippen LogP contribution in [0.5, 0.6) is 11.5 Å². The second-order valence-corrected chi connectivity index (χ2v) is 6.44. The quantitative estimate of drug-likeness (QED) is 0.880. The van der Waals surface area contributed by atoms with Crippen LogP contribution in [0.1, 0.15) is 19.4 Å². The Kier molecular flexibility index (Phi) is 3.98. The van der Waals surface area contributed by atoms with E-state index in [2.05, 4.69) is 4.72 Å². The minimum Gasteiger partial charge on any atom is -0.454 e. The van der Waals surface area contributed by atoms with Crippen molar-refractivity contribution in [2.75, 3.05) is 13.8 Å². The second kappa shape index (κ2) is 5.36. The van der Waals surface area contributed by atoms with Crippen LogP contribution in [0.3, 0.4) is 0 Å². The third-order valence-electron chi connectivity index (χ3n) is 3.00. The SMILES string of the molecule is CC(C)N(C)S(=O)(=O)NCc1ccc2c(c1)OCO2. The molecule has 1 heterocycles. The lowest BCUT2D eigenvalue weighted by Gasteiger charge is -2.21. The molecule has 2 rings (SSSR count). The molecule has 1 aliphatic rings. The molecule has 0 amide bonds. The molecule has 0 atom stereocenters. The number of ether oxygens (including phenoxy) is 2. The van der Waals surface area contributed by atoms with Crippen LogP contribution in [0.15, 0.2) is 18.2 Å². The molecule has 1 aromatic carbocycles. The first-order valence-corrected chi connectivity index (χ1v) is 7.45. The van der Waals surface area contributed by atoms with Gasteiger partial charge in [0.1, 0.15) is 0 Å². The Bertz CT molecular complexity index is 557. The summed E-state index contributed by atoms with van der Waals surface area (Å²) in [5, 5.41) is 0. The van der Waals surface area contributed by atoms with Gasteiger partial charge < -0.3 is 9.47 Å². The largest absolute Gasteiger partial charge is 0.454 e. The van der Waals surface area contributed by atoms with E-state index in [4.69, 9.17) is 9.47 Å². The molecule has 0 unspecified atom stereocenters. The maximum Gasteiger partial charge on any atom is 0.279 e. The van der Waals surface area contributed by atoms with Gasteiger partial charge in [0, 0.05) is 19.6 Å². The lowest BCUT2D eigenvalue weighted by atomic mass is 10.2. The van der Waals surface area contributed by atoms with Crippen molar-refractivity contribution >= 4 is 10.2 Å². The Balaban J connectivity index is 2.03. The number of hydrogen-bond donors (Lipinski definition) is 1. The fourth-order valence-corrected chi connectivity index (χ4v) is 2.71. The smallest absolute Gasteiger partial charge is 0.279 e. The number of nitrogens with zero attached hydrogens (tertiary/aromatic N) is 1. The number of benzene rings is 1. The third kappa shape index (κ3) is 3.17. The summed E-state index contributed by atoms with van der Waals surface area (Å²) in [6.45, 7) is 4.07. The average Bonchev–Trinajstić information content (AvgIpc) is 2.82. The standard InChI is InChI=1S/C12H18N2O4S/c1-9(2)14(3)19(15,16)13-7-10-4-5-11-12(6-10)18-8-17-11/h4-6,9,13H,7-8H2,1-3H3. The fraction of sp³-hybridized carbons (Fsp3) is 0.500. The Labute approximate surface area is 113 Å². The molecule has 0 saturated heterocycles. The average molecular weight is 286 g/mol. The van der Waals surface area contributed by atoms with E-state index in [0.29, 0.717) is 11.5 Å². The molecule has 6 nitrogen and oxygen atoms in total. The fourth-order valence-electron chi connectivity index (χ4n) is 1.60. The van der Waals surface area contributed by atoms with Crippen LogP contribution in [0, 0.1) is 0 Å². The zero-order valence-electron chi connectivity index (χ0n) is 11.2. The van der Waals surface area contributed by atoms with E-state index in [9.17, 15) is 8.42 Å². The summed E-state index contributed by atoms with van der Waals surface area (Å²) in [6.07, 6.45) is 0. The summed E-state index contributed by atoms with van der Waals surface area (Å²) < 4.78 is 38.2. The van der Waals surface area contributed by atoms with Crippen molar-refractivity contribution in [2.45, 2.75) is 26.4 Å². The normalized spacial score (nSPS) is 14.4. The first-order chi connectivity index (χ1) is 8.90. The molecular formula is C12H18N2O4S. The van der Waals surface area contributed by atoms with Gasteiger partial charge in [-0.25, -0.2) is 0 Å². The van der Waals surface area contributed by atoms with Crippen LogP contribution in [0.4, 0.5) is 0 Å². The van der Waals surface area contributed by atoms with Gasteiger partial charge in [-0.3, -0.25) is 0 Å². The van der Waals surface area contributed by atoms with Gasteiger partial charge in [-0.2, -0.15) is 17.4 Å². The lowest BCUT2D eigenvalue weighted by Crippen LogP contribution is -2.41. The predicted molar refractivity (Wildman–Crippen MR) is 71.2 cm³/mol. The molecule has 0 bridgehead atoms. The lowest BCUT2D eigenvalue weighted by molar-refractivity contribution is 0.174. The minimum atomic E-state index is -3.46. The number of nitrogens with one attached hydrogen (secondary N) is 1. The van der Waals surface area contributed by atoms with E-state index >= 15 is 0 Å². The number of hydrogen-bond acceptors (Lipinski definition) is 4. The van der Waals surface area contributed by atoms with Crippen molar-refractivity contribution < 1.29 is 17.9 Å². The minimum absolute atomic E-state index is 0.0887. The molecule has 0 aliphatic carbocycles. The molecule has 1 N–H and O–H groups in total. The maximum absolute atomic E-state index is 11.9. The Morgan fingerprint density at radius 2 is 2.00 bits per heavy atom. The van der Waals surface area contributed by atoms with Gasteiger partial charge in [-0.1, -0.05) is 6.07 Å².